The highest BCUT2D eigenvalue weighted by atomic mass is 35.5. The van der Waals surface area contributed by atoms with Gasteiger partial charge in [-0.3, -0.25) is 9.47 Å². The Morgan fingerprint density at radius 2 is 1.73 bits per heavy atom. The quantitative estimate of drug-likeness (QED) is 0.196. The molecule has 2 aromatic carbocycles. The summed E-state index contributed by atoms with van der Waals surface area (Å²) in [7, 11) is 0. The number of imidazole rings is 1. The van der Waals surface area contributed by atoms with Gasteiger partial charge in [-0.15, -0.1) is 0 Å². The average molecular weight is 577 g/mol. The van der Waals surface area contributed by atoms with E-state index in [0.29, 0.717) is 36.2 Å². The molecular formula is C29H29ClN6O5. The number of halogens is 1. The molecule has 1 fully saturated rings. The van der Waals surface area contributed by atoms with Crippen LogP contribution in [0.2, 0.25) is 5.02 Å². The largest absolute Gasteiger partial charge is 0.490 e. The van der Waals surface area contributed by atoms with Gasteiger partial charge in [0.15, 0.2) is 0 Å². The lowest BCUT2D eigenvalue weighted by molar-refractivity contribution is -0.389. The summed E-state index contributed by atoms with van der Waals surface area (Å²) in [5.74, 6) is 1.81. The van der Waals surface area contributed by atoms with Crippen molar-refractivity contribution in [2.45, 2.75) is 25.6 Å². The molecule has 0 amide bonds. The number of hydrogen-bond acceptors (Lipinski definition) is 9. The van der Waals surface area contributed by atoms with Crippen LogP contribution in [-0.4, -0.2) is 63.2 Å². The normalized spacial score (nSPS) is 17.0. The molecule has 1 atom stereocenters. The molecule has 0 spiro atoms. The second kappa shape index (κ2) is 12.0. The van der Waals surface area contributed by atoms with E-state index < -0.39 is 4.92 Å². The van der Waals surface area contributed by atoms with Crippen molar-refractivity contribution in [1.82, 2.24) is 19.4 Å². The minimum Gasteiger partial charge on any atom is -0.490 e. The van der Waals surface area contributed by atoms with Gasteiger partial charge in [0.05, 0.1) is 0 Å². The van der Waals surface area contributed by atoms with Crippen molar-refractivity contribution < 1.29 is 19.1 Å². The zero-order valence-electron chi connectivity index (χ0n) is 22.3. The smallest absolute Gasteiger partial charge is 0.414 e. The van der Waals surface area contributed by atoms with Crippen LogP contribution in [-0.2, 0) is 13.1 Å². The van der Waals surface area contributed by atoms with Gasteiger partial charge in [0.2, 0.25) is 5.88 Å². The van der Waals surface area contributed by atoms with Crippen molar-refractivity contribution in [1.29, 1.82) is 0 Å². The summed E-state index contributed by atoms with van der Waals surface area (Å²) in [5.41, 5.74) is 2.30. The number of aromatic nitrogens is 3. The molecule has 1 unspecified atom stereocenters. The molecule has 0 bridgehead atoms. The van der Waals surface area contributed by atoms with Crippen molar-refractivity contribution >= 4 is 23.1 Å². The molecule has 41 heavy (non-hydrogen) atoms. The first-order chi connectivity index (χ1) is 20.0. The molecule has 0 radical (unpaired) electrons. The molecular weight excluding hydrogens is 548 g/mol. The number of piperazine rings is 1. The van der Waals surface area contributed by atoms with Crippen LogP contribution in [0.15, 0.2) is 73.1 Å². The fraction of sp³-hybridized carbons (Fsp3) is 0.310. The summed E-state index contributed by atoms with van der Waals surface area (Å²) in [6, 6.07) is 19.5. The minimum absolute atomic E-state index is 0.204. The fourth-order valence-electron chi connectivity index (χ4n) is 4.89. The van der Waals surface area contributed by atoms with E-state index in [2.05, 4.69) is 38.0 Å². The second-order valence-electron chi connectivity index (χ2n) is 9.99. The first kappa shape index (κ1) is 26.9. The van der Waals surface area contributed by atoms with Crippen LogP contribution in [0, 0.1) is 10.1 Å². The van der Waals surface area contributed by atoms with Gasteiger partial charge in [-0.25, -0.2) is 4.98 Å². The number of pyridine rings is 1. The SMILES string of the molecule is O=[N+]([O-])c1cn2c(n1)OC(COc1ccc(N3CCN(Cc4ccc(Oc5ccc(Cl)cc5)nc4)CC3)cc1)CC2. The number of rotatable bonds is 9. The van der Waals surface area contributed by atoms with Crippen LogP contribution < -0.4 is 19.1 Å². The molecule has 0 aliphatic carbocycles. The van der Waals surface area contributed by atoms with Gasteiger partial charge in [-0.1, -0.05) is 17.7 Å². The maximum Gasteiger partial charge on any atom is 0.414 e. The summed E-state index contributed by atoms with van der Waals surface area (Å²) in [6.45, 7) is 5.56. The molecule has 6 rings (SSSR count). The lowest BCUT2D eigenvalue weighted by atomic mass is 10.2. The van der Waals surface area contributed by atoms with Gasteiger partial charge in [-0.2, -0.15) is 0 Å². The van der Waals surface area contributed by atoms with Crippen molar-refractivity contribution in [2.24, 2.45) is 0 Å². The summed E-state index contributed by atoms with van der Waals surface area (Å²) in [5, 5.41) is 11.6. The monoisotopic (exact) mass is 576 g/mol. The van der Waals surface area contributed by atoms with Crippen LogP contribution in [0.4, 0.5) is 11.5 Å². The Bertz CT molecular complexity index is 1470. The highest BCUT2D eigenvalue weighted by Crippen LogP contribution is 2.26. The zero-order chi connectivity index (χ0) is 28.2. The van der Waals surface area contributed by atoms with Crippen molar-refractivity contribution in [3.63, 3.8) is 0 Å². The van der Waals surface area contributed by atoms with Crippen LogP contribution in [0.3, 0.4) is 0 Å². The molecule has 1 saturated heterocycles. The predicted molar refractivity (Wildman–Crippen MR) is 153 cm³/mol. The maximum absolute atomic E-state index is 10.9. The van der Waals surface area contributed by atoms with Gasteiger partial charge in [-0.05, 0) is 59.0 Å². The van der Waals surface area contributed by atoms with Crippen LogP contribution in [0.1, 0.15) is 12.0 Å². The highest BCUT2D eigenvalue weighted by molar-refractivity contribution is 6.30. The third-order valence-electron chi connectivity index (χ3n) is 7.13. The van der Waals surface area contributed by atoms with Gasteiger partial charge in [0.1, 0.15) is 30.4 Å². The number of anilines is 1. The first-order valence-electron chi connectivity index (χ1n) is 13.5. The Balaban J connectivity index is 0.940. The number of fused-ring (bicyclic) bond motifs is 1. The lowest BCUT2D eigenvalue weighted by Crippen LogP contribution is -2.45. The van der Waals surface area contributed by atoms with E-state index in [1.165, 1.54) is 6.20 Å². The average Bonchev–Trinajstić information content (AvgIpc) is 3.43. The highest BCUT2D eigenvalue weighted by Gasteiger charge is 2.28. The van der Waals surface area contributed by atoms with E-state index in [-0.39, 0.29) is 17.9 Å². The zero-order valence-corrected chi connectivity index (χ0v) is 23.0. The number of nitrogens with zero attached hydrogens (tertiary/aromatic N) is 6. The predicted octanol–water partition coefficient (Wildman–Crippen LogP) is 5.18. The molecule has 4 aromatic rings. The molecule has 0 saturated carbocycles. The minimum atomic E-state index is -0.516. The molecule has 2 aromatic heterocycles. The Kier molecular flexibility index (Phi) is 7.88. The number of aryl methyl sites for hydroxylation is 1. The van der Waals surface area contributed by atoms with Crippen molar-refractivity contribution in [2.75, 3.05) is 37.7 Å². The summed E-state index contributed by atoms with van der Waals surface area (Å²) in [4.78, 5) is 23.6. The van der Waals surface area contributed by atoms with E-state index >= 15 is 0 Å². The molecule has 0 N–H and O–H groups in total. The van der Waals surface area contributed by atoms with E-state index in [9.17, 15) is 10.1 Å². The maximum atomic E-state index is 10.9. The van der Waals surface area contributed by atoms with E-state index in [1.54, 1.807) is 16.7 Å². The number of benzene rings is 2. The molecule has 212 valence electrons. The number of ether oxygens (including phenoxy) is 3. The summed E-state index contributed by atoms with van der Waals surface area (Å²) < 4.78 is 19.2. The first-order valence-corrected chi connectivity index (χ1v) is 13.8. The van der Waals surface area contributed by atoms with E-state index in [0.717, 1.165) is 49.7 Å². The van der Waals surface area contributed by atoms with E-state index in [1.807, 2.05) is 36.5 Å². The Morgan fingerprint density at radius 1 is 0.976 bits per heavy atom. The van der Waals surface area contributed by atoms with Crippen LogP contribution in [0.25, 0.3) is 0 Å². The molecule has 12 heteroatoms. The standard InChI is InChI=1S/C29H29ClN6O5/c30-22-2-6-25(7-3-22)40-28-10-1-21(17-31-28)18-33-13-15-34(16-14-33)23-4-8-24(9-5-23)39-20-26-11-12-35-19-27(36(37)38)32-29(35)41-26/h1-10,17,19,26H,11-16,18,20H2. The number of nitro groups is 1. The van der Waals surface area contributed by atoms with Gasteiger partial charge < -0.3 is 29.2 Å². The Hall–Kier alpha value is -4.35. The van der Waals surface area contributed by atoms with Gasteiger partial charge in [0.25, 0.3) is 0 Å². The van der Waals surface area contributed by atoms with Crippen molar-refractivity contribution in [3.8, 4) is 23.4 Å². The molecule has 2 aliphatic rings. The van der Waals surface area contributed by atoms with Crippen LogP contribution in [0.5, 0.6) is 23.4 Å². The molecule has 11 nitrogen and oxygen atoms in total. The van der Waals surface area contributed by atoms with Gasteiger partial charge >= 0.3 is 11.8 Å². The third kappa shape index (κ3) is 6.69. The summed E-state index contributed by atoms with van der Waals surface area (Å²) in [6.07, 6.45) is 3.76. The fourth-order valence-corrected chi connectivity index (χ4v) is 5.02. The topological polar surface area (TPSA) is 108 Å². The lowest BCUT2D eigenvalue weighted by Gasteiger charge is -2.36. The second-order valence-corrected chi connectivity index (χ2v) is 10.4. The molecule has 4 heterocycles. The van der Waals surface area contributed by atoms with Gasteiger partial charge in [0, 0.05) is 73.6 Å². The van der Waals surface area contributed by atoms with Crippen LogP contribution >= 0.6 is 11.6 Å². The van der Waals surface area contributed by atoms with E-state index in [4.69, 9.17) is 25.8 Å². The Labute approximate surface area is 242 Å². The molecule has 2 aliphatic heterocycles. The number of hydrogen-bond donors (Lipinski definition) is 0. The third-order valence-corrected chi connectivity index (χ3v) is 7.38. The summed E-state index contributed by atoms with van der Waals surface area (Å²) >= 11 is 5.93. The Morgan fingerprint density at radius 3 is 2.44 bits per heavy atom. The van der Waals surface area contributed by atoms with Crippen molar-refractivity contribution in [3.05, 3.63) is 93.8 Å².